The van der Waals surface area contributed by atoms with Crippen molar-refractivity contribution in [3.8, 4) is 0 Å². The number of carbonyl (C=O) groups is 1. The number of hydrogen-bond acceptors (Lipinski definition) is 5. The maximum atomic E-state index is 11.1. The van der Waals surface area contributed by atoms with E-state index in [4.69, 9.17) is 24.4 Å². The van der Waals surface area contributed by atoms with Gasteiger partial charge in [-0.3, -0.25) is 0 Å². The van der Waals surface area contributed by atoms with E-state index in [1.807, 2.05) is 0 Å². The Morgan fingerprint density at radius 1 is 1.20 bits per heavy atom. The number of carboxylic acids is 1. The molecule has 2 unspecified atom stereocenters. The average molecular weight is 348 g/mol. The zero-order chi connectivity index (χ0) is 17.4. The highest BCUT2D eigenvalue weighted by molar-refractivity contribution is 5.87. The first-order valence-electron chi connectivity index (χ1n) is 9.00. The highest BCUT2D eigenvalue weighted by Gasteiger charge is 2.56. The zero-order valence-corrected chi connectivity index (χ0v) is 14.3. The van der Waals surface area contributed by atoms with E-state index in [1.165, 1.54) is 6.42 Å². The maximum absolute atomic E-state index is 11.1. The Balaban J connectivity index is 1.66. The summed E-state index contributed by atoms with van der Waals surface area (Å²) in [6.07, 6.45) is 5.08. The fourth-order valence-corrected chi connectivity index (χ4v) is 4.55. The molecule has 25 heavy (non-hydrogen) atoms. The Hall–Kier alpha value is -1.47. The second-order valence-electron chi connectivity index (χ2n) is 7.24. The Morgan fingerprint density at radius 3 is 2.72 bits per heavy atom. The lowest BCUT2D eigenvalue weighted by Crippen LogP contribution is -2.53. The molecule has 2 saturated heterocycles. The van der Waals surface area contributed by atoms with Crippen molar-refractivity contribution in [2.24, 2.45) is 5.92 Å². The van der Waals surface area contributed by atoms with E-state index in [2.05, 4.69) is 0 Å². The molecule has 136 valence electrons. The third kappa shape index (κ3) is 2.87. The lowest BCUT2D eigenvalue weighted by molar-refractivity contribution is -0.403. The Labute approximate surface area is 146 Å². The van der Waals surface area contributed by atoms with Gasteiger partial charge in [-0.2, -0.15) is 0 Å². The van der Waals surface area contributed by atoms with Gasteiger partial charge in [-0.05, 0) is 49.3 Å². The van der Waals surface area contributed by atoms with Crippen LogP contribution in [0.25, 0.3) is 0 Å². The van der Waals surface area contributed by atoms with E-state index in [9.17, 15) is 4.79 Å². The average Bonchev–Trinajstić information content (AvgIpc) is 2.91. The van der Waals surface area contributed by atoms with Crippen LogP contribution in [0.15, 0.2) is 24.3 Å². The van der Waals surface area contributed by atoms with Crippen LogP contribution in [0.2, 0.25) is 0 Å². The largest absolute Gasteiger partial charge is 0.478 e. The molecular weight excluding hydrogens is 324 g/mol. The number of carboxylic acid groups (broad SMARTS) is 1. The molecule has 1 aliphatic carbocycles. The summed E-state index contributed by atoms with van der Waals surface area (Å²) in [7, 11) is 1.65. The summed E-state index contributed by atoms with van der Waals surface area (Å²) in [5, 5.41) is 9.09. The molecule has 1 aromatic rings. The van der Waals surface area contributed by atoms with Gasteiger partial charge in [0.1, 0.15) is 12.2 Å². The smallest absolute Gasteiger partial charge is 0.335 e. The van der Waals surface area contributed by atoms with Gasteiger partial charge in [-0.15, -0.1) is 0 Å². The first kappa shape index (κ1) is 17.0. The number of hydrogen-bond donors (Lipinski definition) is 1. The molecule has 0 radical (unpaired) electrons. The highest BCUT2D eigenvalue weighted by Crippen LogP contribution is 2.50. The van der Waals surface area contributed by atoms with Crippen molar-refractivity contribution in [2.45, 2.75) is 62.6 Å². The van der Waals surface area contributed by atoms with Crippen LogP contribution in [0.5, 0.6) is 0 Å². The number of methoxy groups -OCH3 is 1. The molecule has 1 aromatic carbocycles. The number of fused-ring (bicyclic) bond motifs is 2. The molecule has 6 nitrogen and oxygen atoms in total. The van der Waals surface area contributed by atoms with E-state index < -0.39 is 17.9 Å². The maximum Gasteiger partial charge on any atom is 0.335 e. The summed E-state index contributed by atoms with van der Waals surface area (Å²) in [4.78, 5) is 22.9. The van der Waals surface area contributed by atoms with Gasteiger partial charge in [0.05, 0.1) is 5.56 Å². The van der Waals surface area contributed by atoms with E-state index in [1.54, 1.807) is 31.4 Å². The van der Waals surface area contributed by atoms with Crippen LogP contribution >= 0.6 is 0 Å². The topological polar surface area (TPSA) is 74.2 Å². The Morgan fingerprint density at radius 2 is 2.00 bits per heavy atom. The predicted octanol–water partition coefficient (Wildman–Crippen LogP) is 3.47. The van der Waals surface area contributed by atoms with Crippen molar-refractivity contribution in [1.29, 1.82) is 0 Å². The van der Waals surface area contributed by atoms with E-state index in [-0.39, 0.29) is 17.8 Å². The molecule has 2 aliphatic heterocycles. The molecule has 0 amide bonds. The standard InChI is InChI=1S/C19H24O6/c1-22-18-19-11-3-2-4-14(19)9-10-15(24-25-19)16(23-18)12-5-7-13(8-6-12)17(20)21/h5-8,14-16,18H,2-4,9-11H2,1H3,(H,20,21)/t14-,15?,16+,18+,19?/m1/s1. The summed E-state index contributed by atoms with van der Waals surface area (Å²) in [5.41, 5.74) is 0.592. The molecule has 2 bridgehead atoms. The highest BCUT2D eigenvalue weighted by atomic mass is 17.2. The van der Waals surface area contributed by atoms with Crippen LogP contribution in [0.3, 0.4) is 0 Å². The minimum Gasteiger partial charge on any atom is -0.478 e. The molecule has 3 fully saturated rings. The van der Waals surface area contributed by atoms with Crippen molar-refractivity contribution in [3.63, 3.8) is 0 Å². The van der Waals surface area contributed by atoms with Crippen LogP contribution in [0.1, 0.15) is 60.6 Å². The van der Waals surface area contributed by atoms with Crippen LogP contribution < -0.4 is 0 Å². The normalized spacial score (nSPS) is 37.8. The van der Waals surface area contributed by atoms with Crippen molar-refractivity contribution >= 4 is 5.97 Å². The summed E-state index contributed by atoms with van der Waals surface area (Å²) >= 11 is 0. The number of ether oxygens (including phenoxy) is 2. The first-order chi connectivity index (χ1) is 12.1. The second kappa shape index (κ2) is 6.68. The Bertz CT molecular complexity index is 629. The van der Waals surface area contributed by atoms with Gasteiger partial charge in [-0.25, -0.2) is 14.6 Å². The fourth-order valence-electron chi connectivity index (χ4n) is 4.55. The summed E-state index contributed by atoms with van der Waals surface area (Å²) < 4.78 is 12.1. The number of aromatic carboxylic acids is 1. The minimum atomic E-state index is -0.940. The summed E-state index contributed by atoms with van der Waals surface area (Å²) in [6, 6.07) is 6.76. The monoisotopic (exact) mass is 348 g/mol. The third-order valence-electron chi connectivity index (χ3n) is 5.89. The van der Waals surface area contributed by atoms with Gasteiger partial charge >= 0.3 is 5.97 Å². The van der Waals surface area contributed by atoms with Crippen molar-refractivity contribution in [1.82, 2.24) is 0 Å². The van der Waals surface area contributed by atoms with Crippen molar-refractivity contribution in [3.05, 3.63) is 35.4 Å². The molecule has 1 saturated carbocycles. The molecular formula is C19H24O6. The van der Waals surface area contributed by atoms with Gasteiger partial charge in [0.25, 0.3) is 0 Å². The van der Waals surface area contributed by atoms with Crippen molar-refractivity contribution in [2.75, 3.05) is 7.11 Å². The van der Waals surface area contributed by atoms with Crippen LogP contribution in [0.4, 0.5) is 0 Å². The third-order valence-corrected chi connectivity index (χ3v) is 5.89. The number of rotatable bonds is 3. The second-order valence-corrected chi connectivity index (χ2v) is 7.24. The predicted molar refractivity (Wildman–Crippen MR) is 87.9 cm³/mol. The van der Waals surface area contributed by atoms with E-state index in [0.717, 1.165) is 37.7 Å². The molecule has 4 rings (SSSR count). The van der Waals surface area contributed by atoms with E-state index >= 15 is 0 Å². The molecule has 1 N–H and O–H groups in total. The van der Waals surface area contributed by atoms with Crippen LogP contribution in [-0.2, 0) is 19.2 Å². The van der Waals surface area contributed by atoms with Crippen LogP contribution in [-0.4, -0.2) is 36.2 Å². The molecule has 1 spiro atoms. The lowest BCUT2D eigenvalue weighted by atomic mass is 9.71. The van der Waals surface area contributed by atoms with Crippen molar-refractivity contribution < 1.29 is 29.1 Å². The Kier molecular flexibility index (Phi) is 4.54. The van der Waals surface area contributed by atoms with Gasteiger partial charge in [0, 0.05) is 7.11 Å². The number of benzene rings is 1. The first-order valence-corrected chi connectivity index (χ1v) is 9.00. The molecule has 2 heterocycles. The van der Waals surface area contributed by atoms with E-state index in [0.29, 0.717) is 5.92 Å². The van der Waals surface area contributed by atoms with Gasteiger partial charge in [0.2, 0.25) is 0 Å². The summed E-state index contributed by atoms with van der Waals surface area (Å²) in [6.45, 7) is 0. The zero-order valence-electron chi connectivity index (χ0n) is 14.3. The quantitative estimate of drug-likeness (QED) is 0.843. The van der Waals surface area contributed by atoms with Gasteiger partial charge < -0.3 is 14.6 Å². The van der Waals surface area contributed by atoms with Crippen LogP contribution in [0, 0.1) is 5.92 Å². The molecule has 6 heteroatoms. The molecule has 3 aliphatic rings. The summed E-state index contributed by atoms with van der Waals surface area (Å²) in [5.74, 6) is -0.559. The molecule has 0 aromatic heterocycles. The SMILES string of the molecule is CO[C@H]1O[C@@H](c2ccc(C(=O)O)cc2)C2CC[C@H]3CCCCC31OO2. The lowest BCUT2D eigenvalue weighted by Gasteiger charge is -2.45. The molecule has 5 atom stereocenters. The fraction of sp³-hybridized carbons (Fsp3) is 0.632. The minimum absolute atomic E-state index is 0.224. The van der Waals surface area contributed by atoms with Gasteiger partial charge in [0.15, 0.2) is 11.9 Å². The van der Waals surface area contributed by atoms with Gasteiger partial charge in [-0.1, -0.05) is 25.0 Å².